The maximum absolute atomic E-state index is 7.27. The van der Waals surface area contributed by atoms with Gasteiger partial charge in [-0.25, -0.2) is 0 Å². The van der Waals surface area contributed by atoms with Crippen LogP contribution < -0.4 is 20.6 Å². The molecule has 65 heavy (non-hydrogen) atoms. The molecule has 4 heteroatoms. The van der Waals surface area contributed by atoms with Crippen molar-refractivity contribution in [3.8, 4) is 33.4 Å². The number of anilines is 5. The van der Waals surface area contributed by atoms with Gasteiger partial charge >= 0.3 is 6.85 Å². The first kappa shape index (κ1) is 36.6. The van der Waals surface area contributed by atoms with Crippen molar-refractivity contribution in [2.24, 2.45) is 0 Å². The molecule has 2 aliphatic carbocycles. The van der Waals surface area contributed by atoms with Crippen molar-refractivity contribution in [1.29, 1.82) is 0 Å². The van der Waals surface area contributed by atoms with Gasteiger partial charge in [-0.05, 0) is 133 Å². The zero-order chi connectivity index (χ0) is 43.7. The average molecular weight is 837 g/mol. The second kappa shape index (κ2) is 11.5. The largest absolute Gasteiger partial charge is 0.454 e. The van der Waals surface area contributed by atoms with Gasteiger partial charge in [-0.2, -0.15) is 0 Å². The van der Waals surface area contributed by atoms with Crippen LogP contribution in [0.25, 0.3) is 55.3 Å². The lowest BCUT2D eigenvalue weighted by Gasteiger charge is -2.54. The SMILES string of the molecule is CC1(C)CCC(C)(C)c2cc3c(cc21)N1c2c(cccc2C3(C)C)B2c3c(cc4c(oc5ccccc54)c31)-c1ccc(-c3ccccc3)c3c1N2c1cccc2c1C3(C)c1ccccc1-2. The summed E-state index contributed by atoms with van der Waals surface area (Å²) in [5.74, 6) is 0. The van der Waals surface area contributed by atoms with E-state index in [9.17, 15) is 0 Å². The van der Waals surface area contributed by atoms with Crippen LogP contribution in [0, 0.1) is 0 Å². The van der Waals surface area contributed by atoms with Crippen LogP contribution in [0.2, 0.25) is 0 Å². The van der Waals surface area contributed by atoms with Gasteiger partial charge in [-0.1, -0.05) is 163 Å². The quantitative estimate of drug-likeness (QED) is 0.154. The molecule has 0 bridgehead atoms. The molecule has 15 rings (SSSR count). The van der Waals surface area contributed by atoms with E-state index in [-0.39, 0.29) is 28.5 Å². The molecule has 8 aromatic carbocycles. The minimum atomic E-state index is -0.389. The van der Waals surface area contributed by atoms with Crippen molar-refractivity contribution in [3.05, 3.63) is 185 Å². The van der Waals surface area contributed by atoms with E-state index in [0.717, 1.165) is 23.0 Å². The van der Waals surface area contributed by atoms with Crippen molar-refractivity contribution in [1.82, 2.24) is 0 Å². The molecular formula is C61H49BN2O. The molecule has 4 aliphatic heterocycles. The Kier molecular flexibility index (Phi) is 6.49. The van der Waals surface area contributed by atoms with Gasteiger partial charge in [0, 0.05) is 44.2 Å². The van der Waals surface area contributed by atoms with Gasteiger partial charge in [0.05, 0.1) is 11.4 Å². The Hall–Kier alpha value is -6.78. The molecule has 1 atom stereocenters. The number of para-hydroxylation sites is 2. The lowest BCUT2D eigenvalue weighted by Crippen LogP contribution is -2.64. The molecule has 0 N–H and O–H groups in total. The normalized spacial score (nSPS) is 19.8. The van der Waals surface area contributed by atoms with Crippen LogP contribution in [0.1, 0.15) is 100 Å². The predicted octanol–water partition coefficient (Wildman–Crippen LogP) is 14.6. The number of hydrogen-bond acceptors (Lipinski definition) is 3. The first-order valence-electron chi connectivity index (χ1n) is 23.8. The van der Waals surface area contributed by atoms with Crippen LogP contribution in [0.15, 0.2) is 150 Å². The molecule has 3 nitrogen and oxygen atoms in total. The van der Waals surface area contributed by atoms with E-state index in [1.54, 1.807) is 0 Å². The van der Waals surface area contributed by atoms with Crippen molar-refractivity contribution in [2.75, 3.05) is 9.71 Å². The Morgan fingerprint density at radius 2 is 1.17 bits per heavy atom. The van der Waals surface area contributed by atoms with E-state index in [4.69, 9.17) is 4.42 Å². The van der Waals surface area contributed by atoms with E-state index in [0.29, 0.717) is 0 Å². The fourth-order valence-corrected chi connectivity index (χ4v) is 14.2. The van der Waals surface area contributed by atoms with Gasteiger partial charge in [0.25, 0.3) is 0 Å². The van der Waals surface area contributed by atoms with Crippen LogP contribution in [0.4, 0.5) is 28.4 Å². The summed E-state index contributed by atoms with van der Waals surface area (Å²) < 4.78 is 7.27. The fraction of sp³-hybridized carbons (Fsp3) is 0.213. The number of benzene rings is 8. The first-order chi connectivity index (χ1) is 31.4. The Morgan fingerprint density at radius 1 is 0.477 bits per heavy atom. The molecule has 0 fully saturated rings. The monoisotopic (exact) mass is 836 g/mol. The highest BCUT2D eigenvalue weighted by molar-refractivity contribution is 6.94. The second-order valence-electron chi connectivity index (χ2n) is 21.9. The third-order valence-corrected chi connectivity index (χ3v) is 17.4. The Bertz CT molecular complexity index is 3680. The van der Waals surface area contributed by atoms with Gasteiger partial charge in [-0.15, -0.1) is 0 Å². The van der Waals surface area contributed by atoms with Crippen LogP contribution in [0.3, 0.4) is 0 Å². The molecule has 5 heterocycles. The zero-order valence-electron chi connectivity index (χ0n) is 38.2. The summed E-state index contributed by atoms with van der Waals surface area (Å²) in [4.78, 5) is 5.48. The molecule has 1 aromatic heterocycles. The van der Waals surface area contributed by atoms with Crippen molar-refractivity contribution < 1.29 is 4.42 Å². The van der Waals surface area contributed by atoms with Crippen molar-refractivity contribution >= 4 is 68.1 Å². The van der Waals surface area contributed by atoms with Crippen molar-refractivity contribution in [2.45, 2.75) is 83.0 Å². The number of fused-ring (bicyclic) bond motifs is 16. The minimum absolute atomic E-state index is 0.0461. The lowest BCUT2D eigenvalue weighted by molar-refractivity contribution is 0.331. The highest BCUT2D eigenvalue weighted by Crippen LogP contribution is 2.67. The number of nitrogens with zero attached hydrogens (tertiary/aromatic N) is 2. The predicted molar refractivity (Wildman–Crippen MR) is 271 cm³/mol. The molecule has 0 saturated heterocycles. The van der Waals surface area contributed by atoms with E-state index in [1.807, 2.05) is 0 Å². The summed E-state index contributed by atoms with van der Waals surface area (Å²) in [6.07, 6.45) is 2.34. The van der Waals surface area contributed by atoms with Gasteiger partial charge in [0.1, 0.15) is 5.58 Å². The van der Waals surface area contributed by atoms with Crippen LogP contribution in [-0.4, -0.2) is 6.85 Å². The highest BCUT2D eigenvalue weighted by atomic mass is 16.3. The Balaban J connectivity index is 1.15. The third-order valence-electron chi connectivity index (χ3n) is 17.4. The highest BCUT2D eigenvalue weighted by Gasteiger charge is 2.57. The summed E-state index contributed by atoms with van der Waals surface area (Å²) in [7, 11) is 0. The Morgan fingerprint density at radius 3 is 2.00 bits per heavy atom. The molecule has 0 spiro atoms. The third kappa shape index (κ3) is 4.14. The Labute approximate surface area is 381 Å². The first-order valence-corrected chi connectivity index (χ1v) is 23.8. The summed E-state index contributed by atoms with van der Waals surface area (Å²) in [5, 5.41) is 2.33. The average Bonchev–Trinajstić information content (AvgIpc) is 3.82. The standard InChI is InChI=1S/C61H49BN2O/c1-58(2)29-30-59(3,4)45-33-49-46(32-44(45)58)60(5,6)43-23-16-24-47-55(43)63(49)56-53-40(31-41-37-20-12-14-26-50(37)65-57(41)56)39-28-27-35(34-17-9-8-10-18-34)52-54(39)64(62(47)53)48-25-15-21-38-36-19-11-13-22-42(36)61(52,7)51(38)48/h8-28,31-33H,29-30H2,1-7H3. The van der Waals surface area contributed by atoms with Crippen LogP contribution in [-0.2, 0) is 21.7 Å². The number of hydrogen-bond donors (Lipinski definition) is 0. The van der Waals surface area contributed by atoms with Gasteiger partial charge < -0.3 is 14.1 Å². The fourth-order valence-electron chi connectivity index (χ4n) is 14.2. The van der Waals surface area contributed by atoms with Crippen molar-refractivity contribution in [3.63, 3.8) is 0 Å². The maximum Gasteiger partial charge on any atom is 0.333 e. The molecule has 1 unspecified atom stereocenters. The van der Waals surface area contributed by atoms with E-state index in [2.05, 4.69) is 204 Å². The smallest absolute Gasteiger partial charge is 0.333 e. The van der Waals surface area contributed by atoms with Gasteiger partial charge in [0.2, 0.25) is 0 Å². The molecule has 0 saturated carbocycles. The topological polar surface area (TPSA) is 19.6 Å². The lowest BCUT2D eigenvalue weighted by atomic mass is 9.41. The summed E-state index contributed by atoms with van der Waals surface area (Å²) >= 11 is 0. The molecule has 0 amide bonds. The van der Waals surface area contributed by atoms with Crippen LogP contribution in [0.5, 0.6) is 0 Å². The summed E-state index contributed by atoms with van der Waals surface area (Å²) in [5.41, 5.74) is 28.2. The van der Waals surface area contributed by atoms with E-state index < -0.39 is 0 Å². The second-order valence-corrected chi connectivity index (χ2v) is 21.9. The van der Waals surface area contributed by atoms with Crippen LogP contribution >= 0.6 is 0 Å². The van der Waals surface area contributed by atoms with Gasteiger partial charge in [0.15, 0.2) is 5.58 Å². The zero-order valence-corrected chi connectivity index (χ0v) is 38.2. The van der Waals surface area contributed by atoms with E-state index in [1.165, 1.54) is 123 Å². The van der Waals surface area contributed by atoms with Gasteiger partial charge in [-0.3, -0.25) is 0 Å². The minimum Gasteiger partial charge on any atom is -0.454 e. The van der Waals surface area contributed by atoms with E-state index >= 15 is 0 Å². The summed E-state index contributed by atoms with van der Waals surface area (Å²) in [6.45, 7) is 17.2. The molecule has 6 aliphatic rings. The maximum atomic E-state index is 7.27. The molecule has 312 valence electrons. The molecule has 0 radical (unpaired) electrons. The molecular weight excluding hydrogens is 787 g/mol. The summed E-state index contributed by atoms with van der Waals surface area (Å²) in [6, 6.07) is 56.0. The molecule has 9 aromatic rings. The number of rotatable bonds is 1. The number of furan rings is 1.